The Kier molecular flexibility index (Phi) is 4.82. The summed E-state index contributed by atoms with van der Waals surface area (Å²) in [7, 11) is 0. The molecule has 82 valence electrons. The molecular formula is C11H22N2S. The van der Waals surface area contributed by atoms with Gasteiger partial charge in [0.25, 0.3) is 0 Å². The van der Waals surface area contributed by atoms with Crippen LogP contribution in [0.15, 0.2) is 0 Å². The van der Waals surface area contributed by atoms with Crippen molar-refractivity contribution in [3.63, 3.8) is 0 Å². The molecule has 0 spiro atoms. The molecule has 2 nitrogen and oxygen atoms in total. The molecular weight excluding hydrogens is 192 g/mol. The average Bonchev–Trinajstić information content (AvgIpc) is 2.66. The third kappa shape index (κ3) is 3.21. The van der Waals surface area contributed by atoms with Gasteiger partial charge in [-0.3, -0.25) is 4.90 Å². The minimum atomic E-state index is 0.352. The number of thiocarbonyl (C=S) groups is 1. The van der Waals surface area contributed by atoms with E-state index in [4.69, 9.17) is 18.0 Å². The SMILES string of the molecule is CCN(CC(C)C(N)=S)C1CCCC1. The van der Waals surface area contributed by atoms with Gasteiger partial charge in [-0.2, -0.15) is 0 Å². The fourth-order valence-corrected chi connectivity index (χ4v) is 2.32. The monoisotopic (exact) mass is 214 g/mol. The molecule has 1 atom stereocenters. The predicted octanol–water partition coefficient (Wildman–Crippen LogP) is 2.17. The molecule has 0 radical (unpaired) electrons. The minimum Gasteiger partial charge on any atom is -0.393 e. The Morgan fingerprint density at radius 2 is 2.07 bits per heavy atom. The van der Waals surface area contributed by atoms with Crippen LogP contribution in [0.25, 0.3) is 0 Å². The molecule has 1 unspecified atom stereocenters. The maximum absolute atomic E-state index is 5.64. The van der Waals surface area contributed by atoms with Crippen molar-refractivity contribution in [1.82, 2.24) is 4.90 Å². The van der Waals surface area contributed by atoms with Crippen molar-refractivity contribution in [1.29, 1.82) is 0 Å². The number of nitrogens with two attached hydrogens (primary N) is 1. The van der Waals surface area contributed by atoms with E-state index in [1.165, 1.54) is 25.7 Å². The Labute approximate surface area is 92.8 Å². The van der Waals surface area contributed by atoms with E-state index in [1.807, 2.05) is 0 Å². The van der Waals surface area contributed by atoms with Gasteiger partial charge in [0.05, 0.1) is 4.99 Å². The van der Waals surface area contributed by atoms with Crippen molar-refractivity contribution < 1.29 is 0 Å². The first-order chi connectivity index (χ1) is 6.65. The van der Waals surface area contributed by atoms with E-state index in [9.17, 15) is 0 Å². The second-order valence-electron chi connectivity index (χ2n) is 4.33. The third-order valence-corrected chi connectivity index (χ3v) is 3.64. The van der Waals surface area contributed by atoms with E-state index in [2.05, 4.69) is 18.7 Å². The number of rotatable bonds is 5. The average molecular weight is 214 g/mol. The third-order valence-electron chi connectivity index (χ3n) is 3.24. The first-order valence-corrected chi connectivity index (χ1v) is 6.09. The quantitative estimate of drug-likeness (QED) is 0.711. The highest BCUT2D eigenvalue weighted by atomic mass is 32.1. The summed E-state index contributed by atoms with van der Waals surface area (Å²) in [5.74, 6) is 0.352. The lowest BCUT2D eigenvalue weighted by Crippen LogP contribution is -2.39. The zero-order valence-corrected chi connectivity index (χ0v) is 10.1. The maximum Gasteiger partial charge on any atom is 0.0768 e. The van der Waals surface area contributed by atoms with Crippen LogP contribution in [-0.2, 0) is 0 Å². The number of nitrogens with zero attached hydrogens (tertiary/aromatic N) is 1. The molecule has 1 fully saturated rings. The van der Waals surface area contributed by atoms with Crippen LogP contribution in [0.1, 0.15) is 39.5 Å². The van der Waals surface area contributed by atoms with Crippen LogP contribution < -0.4 is 5.73 Å². The zero-order valence-electron chi connectivity index (χ0n) is 9.33. The Balaban J connectivity index is 2.41. The lowest BCUT2D eigenvalue weighted by atomic mass is 10.1. The summed E-state index contributed by atoms with van der Waals surface area (Å²) in [6, 6.07) is 0.789. The fraction of sp³-hybridized carbons (Fsp3) is 0.909. The van der Waals surface area contributed by atoms with Gasteiger partial charge in [-0.15, -0.1) is 0 Å². The van der Waals surface area contributed by atoms with Crippen LogP contribution in [0.4, 0.5) is 0 Å². The van der Waals surface area contributed by atoms with Crippen molar-refractivity contribution >= 4 is 17.2 Å². The van der Waals surface area contributed by atoms with E-state index in [0.29, 0.717) is 10.9 Å². The summed E-state index contributed by atoms with van der Waals surface area (Å²) in [4.78, 5) is 3.19. The zero-order chi connectivity index (χ0) is 10.6. The Morgan fingerprint density at radius 3 is 2.50 bits per heavy atom. The predicted molar refractivity (Wildman–Crippen MR) is 65.5 cm³/mol. The van der Waals surface area contributed by atoms with E-state index in [1.54, 1.807) is 0 Å². The van der Waals surface area contributed by atoms with Gasteiger partial charge in [0.15, 0.2) is 0 Å². The topological polar surface area (TPSA) is 29.3 Å². The second-order valence-corrected chi connectivity index (χ2v) is 4.80. The molecule has 0 heterocycles. The van der Waals surface area contributed by atoms with E-state index in [-0.39, 0.29) is 0 Å². The van der Waals surface area contributed by atoms with Crippen LogP contribution in [0.3, 0.4) is 0 Å². The maximum atomic E-state index is 5.64. The van der Waals surface area contributed by atoms with Crippen molar-refractivity contribution in [2.24, 2.45) is 11.7 Å². The molecule has 0 saturated heterocycles. The summed E-state index contributed by atoms with van der Waals surface area (Å²) in [5.41, 5.74) is 5.64. The molecule has 1 saturated carbocycles. The van der Waals surface area contributed by atoms with Gasteiger partial charge in [0.2, 0.25) is 0 Å². The van der Waals surface area contributed by atoms with Gasteiger partial charge in [-0.05, 0) is 19.4 Å². The fourth-order valence-electron chi connectivity index (χ4n) is 2.25. The van der Waals surface area contributed by atoms with Crippen LogP contribution >= 0.6 is 12.2 Å². The highest BCUT2D eigenvalue weighted by Gasteiger charge is 2.22. The molecule has 1 aliphatic carbocycles. The molecule has 14 heavy (non-hydrogen) atoms. The second kappa shape index (κ2) is 5.66. The molecule has 3 heteroatoms. The van der Waals surface area contributed by atoms with E-state index >= 15 is 0 Å². The summed E-state index contributed by atoms with van der Waals surface area (Å²) in [5, 5.41) is 0. The molecule has 1 aliphatic rings. The number of hydrogen-bond acceptors (Lipinski definition) is 2. The Morgan fingerprint density at radius 1 is 1.50 bits per heavy atom. The lowest BCUT2D eigenvalue weighted by molar-refractivity contribution is 0.197. The van der Waals surface area contributed by atoms with E-state index in [0.717, 1.165) is 19.1 Å². The summed E-state index contributed by atoms with van der Waals surface area (Å²) < 4.78 is 0. The van der Waals surface area contributed by atoms with Gasteiger partial charge in [0.1, 0.15) is 0 Å². The standard InChI is InChI=1S/C11H22N2S/c1-3-13(8-9(2)11(12)14)10-6-4-5-7-10/h9-10H,3-8H2,1-2H3,(H2,12,14). The van der Waals surface area contributed by atoms with Crippen LogP contribution in [0.2, 0.25) is 0 Å². The molecule has 0 bridgehead atoms. The van der Waals surface area contributed by atoms with Gasteiger partial charge in [-0.25, -0.2) is 0 Å². The van der Waals surface area contributed by atoms with Crippen molar-refractivity contribution in [2.45, 2.75) is 45.6 Å². The van der Waals surface area contributed by atoms with Gasteiger partial charge in [-0.1, -0.05) is 38.9 Å². The largest absolute Gasteiger partial charge is 0.393 e. The summed E-state index contributed by atoms with van der Waals surface area (Å²) in [6.45, 7) is 6.51. The van der Waals surface area contributed by atoms with Crippen LogP contribution in [-0.4, -0.2) is 29.0 Å². The molecule has 0 aromatic rings. The van der Waals surface area contributed by atoms with Gasteiger partial charge >= 0.3 is 0 Å². The van der Waals surface area contributed by atoms with Crippen molar-refractivity contribution in [2.75, 3.05) is 13.1 Å². The molecule has 0 aromatic carbocycles. The Hall–Kier alpha value is -0.150. The first-order valence-electron chi connectivity index (χ1n) is 5.68. The van der Waals surface area contributed by atoms with Crippen molar-refractivity contribution in [3.8, 4) is 0 Å². The smallest absolute Gasteiger partial charge is 0.0768 e. The minimum absolute atomic E-state index is 0.352. The van der Waals surface area contributed by atoms with E-state index < -0.39 is 0 Å². The van der Waals surface area contributed by atoms with Crippen LogP contribution in [0, 0.1) is 5.92 Å². The lowest BCUT2D eigenvalue weighted by Gasteiger charge is -2.29. The van der Waals surface area contributed by atoms with Crippen molar-refractivity contribution in [3.05, 3.63) is 0 Å². The molecule has 2 N–H and O–H groups in total. The number of hydrogen-bond donors (Lipinski definition) is 1. The van der Waals surface area contributed by atoms with Gasteiger partial charge in [0, 0.05) is 18.5 Å². The highest BCUT2D eigenvalue weighted by molar-refractivity contribution is 7.80. The Bertz CT molecular complexity index is 188. The normalized spacial score (nSPS) is 20.2. The molecule has 0 aromatic heterocycles. The summed E-state index contributed by atoms with van der Waals surface area (Å²) >= 11 is 5.01. The molecule has 0 amide bonds. The summed E-state index contributed by atoms with van der Waals surface area (Å²) in [6.07, 6.45) is 5.50. The molecule has 1 rings (SSSR count). The highest BCUT2D eigenvalue weighted by Crippen LogP contribution is 2.23. The van der Waals surface area contributed by atoms with Crippen LogP contribution in [0.5, 0.6) is 0 Å². The van der Waals surface area contributed by atoms with Gasteiger partial charge < -0.3 is 5.73 Å². The first kappa shape index (κ1) is 11.9. The molecule has 0 aliphatic heterocycles.